The molecule has 1 aliphatic rings. The lowest BCUT2D eigenvalue weighted by Crippen LogP contribution is -2.38. The Morgan fingerprint density at radius 2 is 1.70 bits per heavy atom. The largest absolute Gasteiger partial charge is 0.444 e. The topological polar surface area (TPSA) is 79.5 Å². The van der Waals surface area contributed by atoms with Crippen LogP contribution in [0.15, 0.2) is 24.3 Å². The molecule has 2 amide bonds. The van der Waals surface area contributed by atoms with Gasteiger partial charge < -0.3 is 20.7 Å². The van der Waals surface area contributed by atoms with Crippen LogP contribution in [0.2, 0.25) is 0 Å². The van der Waals surface area contributed by atoms with Crippen LogP contribution in [0.4, 0.5) is 10.5 Å². The first-order chi connectivity index (χ1) is 12.8. The predicted octanol–water partition coefficient (Wildman–Crippen LogP) is 3.93. The summed E-state index contributed by atoms with van der Waals surface area (Å²) in [5.74, 6) is 0.542. The molecule has 0 aliphatic heterocycles. The van der Waals surface area contributed by atoms with E-state index in [4.69, 9.17) is 4.74 Å². The van der Waals surface area contributed by atoms with Gasteiger partial charge in [0, 0.05) is 25.3 Å². The fourth-order valence-corrected chi connectivity index (χ4v) is 3.23. The van der Waals surface area contributed by atoms with Crippen molar-refractivity contribution in [3.8, 4) is 0 Å². The molecular formula is C21H33N3O3. The second kappa shape index (κ2) is 10.2. The molecule has 3 N–H and O–H groups in total. The number of benzene rings is 1. The highest BCUT2D eigenvalue weighted by Gasteiger charge is 2.17. The number of hydrogen-bond acceptors (Lipinski definition) is 4. The minimum atomic E-state index is -0.531. The maximum absolute atomic E-state index is 12.5. The number of alkyl carbamates (subject to hydrolysis) is 1. The monoisotopic (exact) mass is 375 g/mol. The van der Waals surface area contributed by atoms with E-state index in [0.29, 0.717) is 24.6 Å². The molecule has 1 fully saturated rings. The summed E-state index contributed by atoms with van der Waals surface area (Å²) in [5.41, 5.74) is 0.960. The van der Waals surface area contributed by atoms with Crippen LogP contribution in [0.1, 0.15) is 63.2 Å². The molecule has 0 atom stereocenters. The van der Waals surface area contributed by atoms with Crippen LogP contribution in [0.5, 0.6) is 0 Å². The molecule has 6 nitrogen and oxygen atoms in total. The Morgan fingerprint density at radius 1 is 1.04 bits per heavy atom. The summed E-state index contributed by atoms with van der Waals surface area (Å²) < 4.78 is 5.17. The van der Waals surface area contributed by atoms with Crippen molar-refractivity contribution in [1.29, 1.82) is 0 Å². The molecule has 0 radical (unpaired) electrons. The summed E-state index contributed by atoms with van der Waals surface area (Å²) in [4.78, 5) is 24.1. The third-order valence-corrected chi connectivity index (χ3v) is 4.56. The average molecular weight is 376 g/mol. The molecule has 1 aromatic carbocycles. The minimum Gasteiger partial charge on any atom is -0.444 e. The standard InChI is InChI=1S/C21H33N3O3/c1-21(2,3)27-20(26)23-14-13-22-19(25)17-11-7-8-12-18(17)24-15-16-9-5-4-6-10-16/h7-8,11-12,16,24H,4-6,9-10,13-15H2,1-3H3,(H,22,25)(H,23,26). The molecule has 1 aromatic rings. The van der Waals surface area contributed by atoms with Crippen LogP contribution in [-0.4, -0.2) is 37.2 Å². The van der Waals surface area contributed by atoms with E-state index >= 15 is 0 Å². The van der Waals surface area contributed by atoms with Crippen LogP contribution in [0.3, 0.4) is 0 Å². The maximum atomic E-state index is 12.5. The Hall–Kier alpha value is -2.24. The van der Waals surface area contributed by atoms with Crippen LogP contribution in [0.25, 0.3) is 0 Å². The van der Waals surface area contributed by atoms with Gasteiger partial charge in [0.1, 0.15) is 5.60 Å². The van der Waals surface area contributed by atoms with E-state index in [1.807, 2.05) is 45.0 Å². The summed E-state index contributed by atoms with van der Waals surface area (Å²) in [5, 5.41) is 8.93. The molecule has 0 spiro atoms. The number of anilines is 1. The van der Waals surface area contributed by atoms with E-state index in [0.717, 1.165) is 12.2 Å². The van der Waals surface area contributed by atoms with Crippen LogP contribution in [-0.2, 0) is 4.74 Å². The Bertz CT molecular complexity index is 619. The summed E-state index contributed by atoms with van der Waals surface area (Å²) >= 11 is 0. The predicted molar refractivity (Wildman–Crippen MR) is 108 cm³/mol. The first-order valence-corrected chi connectivity index (χ1v) is 9.93. The fraction of sp³-hybridized carbons (Fsp3) is 0.619. The van der Waals surface area contributed by atoms with E-state index < -0.39 is 11.7 Å². The Labute approximate surface area is 162 Å². The van der Waals surface area contributed by atoms with Crippen molar-refractivity contribution in [2.24, 2.45) is 5.92 Å². The van der Waals surface area contributed by atoms with Gasteiger partial charge in [0.2, 0.25) is 0 Å². The van der Waals surface area contributed by atoms with Gasteiger partial charge in [-0.1, -0.05) is 31.4 Å². The van der Waals surface area contributed by atoms with Gasteiger partial charge in [0.05, 0.1) is 5.56 Å². The molecule has 2 rings (SSSR count). The van der Waals surface area contributed by atoms with Gasteiger partial charge in [-0.25, -0.2) is 4.79 Å². The number of hydrogen-bond donors (Lipinski definition) is 3. The van der Waals surface area contributed by atoms with Crippen molar-refractivity contribution in [2.75, 3.05) is 25.0 Å². The van der Waals surface area contributed by atoms with Crippen molar-refractivity contribution in [3.63, 3.8) is 0 Å². The van der Waals surface area contributed by atoms with Gasteiger partial charge in [-0.3, -0.25) is 4.79 Å². The molecule has 1 saturated carbocycles. The van der Waals surface area contributed by atoms with Crippen LogP contribution >= 0.6 is 0 Å². The normalized spacial score (nSPS) is 15.1. The molecule has 0 aromatic heterocycles. The molecule has 27 heavy (non-hydrogen) atoms. The lowest BCUT2D eigenvalue weighted by molar-refractivity contribution is 0.0526. The lowest BCUT2D eigenvalue weighted by atomic mass is 9.89. The number of amides is 2. The average Bonchev–Trinajstić information content (AvgIpc) is 2.63. The van der Waals surface area contributed by atoms with E-state index in [9.17, 15) is 9.59 Å². The third-order valence-electron chi connectivity index (χ3n) is 4.56. The van der Waals surface area contributed by atoms with Gasteiger partial charge >= 0.3 is 6.09 Å². The Morgan fingerprint density at radius 3 is 2.41 bits per heavy atom. The maximum Gasteiger partial charge on any atom is 0.407 e. The second-order valence-electron chi connectivity index (χ2n) is 8.12. The van der Waals surface area contributed by atoms with E-state index in [2.05, 4.69) is 16.0 Å². The summed E-state index contributed by atoms with van der Waals surface area (Å²) in [7, 11) is 0. The van der Waals surface area contributed by atoms with E-state index in [-0.39, 0.29) is 5.91 Å². The van der Waals surface area contributed by atoms with Crippen molar-refractivity contribution >= 4 is 17.7 Å². The summed E-state index contributed by atoms with van der Waals surface area (Å²) in [6.45, 7) is 7.00. The zero-order valence-corrected chi connectivity index (χ0v) is 16.8. The molecule has 1 aliphatic carbocycles. The highest BCUT2D eigenvalue weighted by atomic mass is 16.6. The van der Waals surface area contributed by atoms with Gasteiger partial charge in [0.15, 0.2) is 0 Å². The van der Waals surface area contributed by atoms with E-state index in [1.165, 1.54) is 32.1 Å². The molecule has 0 unspecified atom stereocenters. The van der Waals surface area contributed by atoms with Gasteiger partial charge in [-0.2, -0.15) is 0 Å². The SMILES string of the molecule is CC(C)(C)OC(=O)NCCNC(=O)c1ccccc1NCC1CCCCC1. The second-order valence-corrected chi connectivity index (χ2v) is 8.12. The Kier molecular flexibility index (Phi) is 7.95. The number of ether oxygens (including phenoxy) is 1. The Balaban J connectivity index is 1.77. The smallest absolute Gasteiger partial charge is 0.407 e. The van der Waals surface area contributed by atoms with Crippen LogP contribution < -0.4 is 16.0 Å². The van der Waals surface area contributed by atoms with Gasteiger partial charge in [-0.15, -0.1) is 0 Å². The number of rotatable bonds is 7. The molecule has 150 valence electrons. The van der Waals surface area contributed by atoms with Crippen molar-refractivity contribution in [3.05, 3.63) is 29.8 Å². The number of carbonyl (C=O) groups excluding carboxylic acids is 2. The summed E-state index contributed by atoms with van der Waals surface area (Å²) in [6.07, 6.45) is 5.99. The summed E-state index contributed by atoms with van der Waals surface area (Å²) in [6, 6.07) is 7.56. The van der Waals surface area contributed by atoms with Crippen molar-refractivity contribution in [1.82, 2.24) is 10.6 Å². The van der Waals surface area contributed by atoms with Gasteiger partial charge in [-0.05, 0) is 51.7 Å². The molecule has 6 heteroatoms. The fourth-order valence-electron chi connectivity index (χ4n) is 3.23. The van der Waals surface area contributed by atoms with Gasteiger partial charge in [0.25, 0.3) is 5.91 Å². The highest BCUT2D eigenvalue weighted by Crippen LogP contribution is 2.24. The molecule has 0 bridgehead atoms. The first-order valence-electron chi connectivity index (χ1n) is 9.93. The third kappa shape index (κ3) is 7.89. The number of carbonyl (C=O) groups is 2. The highest BCUT2D eigenvalue weighted by molar-refractivity contribution is 5.99. The lowest BCUT2D eigenvalue weighted by Gasteiger charge is -2.23. The number of para-hydroxylation sites is 1. The minimum absolute atomic E-state index is 0.146. The first kappa shape index (κ1) is 21.1. The van der Waals surface area contributed by atoms with Crippen LogP contribution in [0, 0.1) is 5.92 Å². The quantitative estimate of drug-likeness (QED) is 0.631. The van der Waals surface area contributed by atoms with E-state index in [1.54, 1.807) is 0 Å². The molecule has 0 saturated heterocycles. The molecular weight excluding hydrogens is 342 g/mol. The zero-order chi connectivity index (χ0) is 19.7. The zero-order valence-electron chi connectivity index (χ0n) is 16.8. The number of nitrogens with one attached hydrogen (secondary N) is 3. The molecule has 0 heterocycles. The van der Waals surface area contributed by atoms with Crippen molar-refractivity contribution in [2.45, 2.75) is 58.5 Å². The van der Waals surface area contributed by atoms with Crippen molar-refractivity contribution < 1.29 is 14.3 Å².